The zero-order valence-electron chi connectivity index (χ0n) is 15.4. The molecule has 0 bridgehead atoms. The van der Waals surface area contributed by atoms with E-state index >= 15 is 0 Å². The Labute approximate surface area is 163 Å². The molecule has 6 heteroatoms. The minimum absolute atomic E-state index is 0.0122. The van der Waals surface area contributed by atoms with Gasteiger partial charge in [-0.3, -0.25) is 4.79 Å². The van der Waals surface area contributed by atoms with E-state index in [1.54, 1.807) is 18.2 Å². The van der Waals surface area contributed by atoms with Gasteiger partial charge in [0.1, 0.15) is 12.3 Å². The second-order valence-corrected chi connectivity index (χ2v) is 6.86. The van der Waals surface area contributed by atoms with Crippen molar-refractivity contribution in [2.24, 2.45) is 5.92 Å². The summed E-state index contributed by atoms with van der Waals surface area (Å²) >= 11 is 0. The second-order valence-electron chi connectivity index (χ2n) is 6.86. The highest BCUT2D eigenvalue weighted by Crippen LogP contribution is 2.42. The van der Waals surface area contributed by atoms with Crippen LogP contribution in [0.4, 0.5) is 4.79 Å². The number of amides is 1. The van der Waals surface area contributed by atoms with Crippen molar-refractivity contribution >= 4 is 12.1 Å². The minimum atomic E-state index is -1.35. The standard InChI is InChI=1S/C22H22N2O4/c23-12-13-24-21(25)20-11-4-3-10-19(20)18-9-2-1-8-17(18)15-6-5-7-16(14-15)28-22(26)27/h1-2,5-9,14,19-20H,3-4,10-11,13H2,(H,24,25)(H,26,27). The molecule has 1 saturated carbocycles. The Hall–Kier alpha value is -3.33. The van der Waals surface area contributed by atoms with Crippen molar-refractivity contribution in [3.05, 3.63) is 54.1 Å². The number of carbonyl (C=O) groups is 2. The van der Waals surface area contributed by atoms with Crippen molar-refractivity contribution < 1.29 is 19.4 Å². The number of nitriles is 1. The largest absolute Gasteiger partial charge is 0.511 e. The zero-order valence-corrected chi connectivity index (χ0v) is 15.4. The number of ether oxygens (including phenoxy) is 1. The van der Waals surface area contributed by atoms with E-state index in [-0.39, 0.29) is 30.0 Å². The average molecular weight is 378 g/mol. The van der Waals surface area contributed by atoms with Gasteiger partial charge in [0.05, 0.1) is 6.07 Å². The first-order chi connectivity index (χ1) is 13.6. The summed E-state index contributed by atoms with van der Waals surface area (Å²) < 4.78 is 4.79. The van der Waals surface area contributed by atoms with Gasteiger partial charge in [-0.1, -0.05) is 49.2 Å². The predicted octanol–water partition coefficient (Wildman–Crippen LogP) is 4.32. The van der Waals surface area contributed by atoms with Gasteiger partial charge in [0.25, 0.3) is 0 Å². The van der Waals surface area contributed by atoms with E-state index < -0.39 is 6.16 Å². The highest BCUT2D eigenvalue weighted by Gasteiger charge is 2.33. The molecule has 0 heterocycles. The number of hydrogen-bond acceptors (Lipinski definition) is 4. The molecule has 0 aliphatic heterocycles. The topological polar surface area (TPSA) is 99.4 Å². The van der Waals surface area contributed by atoms with Gasteiger partial charge in [0.15, 0.2) is 0 Å². The summed E-state index contributed by atoms with van der Waals surface area (Å²) in [5.74, 6) is 0.0465. The summed E-state index contributed by atoms with van der Waals surface area (Å²) in [4.78, 5) is 23.5. The van der Waals surface area contributed by atoms with E-state index in [0.29, 0.717) is 0 Å². The van der Waals surface area contributed by atoms with Crippen LogP contribution < -0.4 is 10.1 Å². The number of carbonyl (C=O) groups excluding carboxylic acids is 1. The Morgan fingerprint density at radius 2 is 1.93 bits per heavy atom. The molecular formula is C22H22N2O4. The third-order valence-corrected chi connectivity index (χ3v) is 5.15. The summed E-state index contributed by atoms with van der Waals surface area (Å²) in [6.07, 6.45) is 2.37. The number of nitrogens with zero attached hydrogens (tertiary/aromatic N) is 1. The Bertz CT molecular complexity index is 903. The Morgan fingerprint density at radius 3 is 2.71 bits per heavy atom. The molecule has 0 saturated heterocycles. The average Bonchev–Trinajstić information content (AvgIpc) is 2.71. The summed E-state index contributed by atoms with van der Waals surface area (Å²) in [5.41, 5.74) is 2.87. The fourth-order valence-corrected chi connectivity index (χ4v) is 3.99. The normalized spacial score (nSPS) is 18.7. The lowest BCUT2D eigenvalue weighted by molar-refractivity contribution is -0.126. The van der Waals surface area contributed by atoms with Gasteiger partial charge in [0, 0.05) is 5.92 Å². The lowest BCUT2D eigenvalue weighted by Gasteiger charge is -2.32. The fraction of sp³-hybridized carbons (Fsp3) is 0.318. The van der Waals surface area contributed by atoms with Crippen LogP contribution in [-0.4, -0.2) is 23.7 Å². The predicted molar refractivity (Wildman–Crippen MR) is 104 cm³/mol. The van der Waals surface area contributed by atoms with Crippen LogP contribution in [0.5, 0.6) is 5.75 Å². The number of nitrogens with one attached hydrogen (secondary N) is 1. The molecule has 1 amide bonds. The molecule has 1 fully saturated rings. The highest BCUT2D eigenvalue weighted by molar-refractivity contribution is 5.81. The van der Waals surface area contributed by atoms with Gasteiger partial charge in [-0.05, 0) is 47.6 Å². The van der Waals surface area contributed by atoms with Crippen LogP contribution in [0.3, 0.4) is 0 Å². The lowest BCUT2D eigenvalue weighted by atomic mass is 9.73. The van der Waals surface area contributed by atoms with Crippen molar-refractivity contribution in [2.75, 3.05) is 6.54 Å². The van der Waals surface area contributed by atoms with E-state index in [0.717, 1.165) is 42.4 Å². The SMILES string of the molecule is N#CCNC(=O)C1CCCCC1c1ccccc1-c1cccc(OC(=O)O)c1. The molecule has 2 N–H and O–H groups in total. The maximum atomic E-state index is 12.6. The number of rotatable bonds is 5. The molecule has 1 aliphatic carbocycles. The van der Waals surface area contributed by atoms with Crippen LogP contribution in [-0.2, 0) is 4.79 Å². The number of carboxylic acid groups (broad SMARTS) is 1. The molecular weight excluding hydrogens is 356 g/mol. The van der Waals surface area contributed by atoms with Crippen LogP contribution in [0.15, 0.2) is 48.5 Å². The first-order valence-electron chi connectivity index (χ1n) is 9.35. The second kappa shape index (κ2) is 9.05. The smallest absolute Gasteiger partial charge is 0.449 e. The number of benzene rings is 2. The summed E-state index contributed by atoms with van der Waals surface area (Å²) in [5, 5.41) is 20.3. The molecule has 1 aliphatic rings. The minimum Gasteiger partial charge on any atom is -0.449 e. The molecule has 0 radical (unpaired) electrons. The van der Waals surface area contributed by atoms with Gasteiger partial charge in [-0.25, -0.2) is 4.79 Å². The van der Waals surface area contributed by atoms with Gasteiger partial charge >= 0.3 is 6.16 Å². The van der Waals surface area contributed by atoms with Gasteiger partial charge in [-0.15, -0.1) is 0 Å². The molecule has 144 valence electrons. The lowest BCUT2D eigenvalue weighted by Crippen LogP contribution is -2.36. The Kier molecular flexibility index (Phi) is 6.28. The first-order valence-corrected chi connectivity index (χ1v) is 9.35. The van der Waals surface area contributed by atoms with Gasteiger partial charge in [-0.2, -0.15) is 5.26 Å². The van der Waals surface area contributed by atoms with Gasteiger partial charge in [0.2, 0.25) is 5.91 Å². The van der Waals surface area contributed by atoms with E-state index in [1.165, 1.54) is 0 Å². The van der Waals surface area contributed by atoms with Crippen molar-refractivity contribution in [1.82, 2.24) is 5.32 Å². The van der Waals surface area contributed by atoms with Crippen molar-refractivity contribution in [2.45, 2.75) is 31.6 Å². The summed E-state index contributed by atoms with van der Waals surface area (Å²) in [6, 6.07) is 16.8. The van der Waals surface area contributed by atoms with E-state index in [4.69, 9.17) is 15.1 Å². The molecule has 2 aromatic rings. The van der Waals surface area contributed by atoms with Crippen LogP contribution in [0.2, 0.25) is 0 Å². The maximum Gasteiger partial charge on any atom is 0.511 e. The van der Waals surface area contributed by atoms with Crippen LogP contribution in [0.25, 0.3) is 11.1 Å². The molecule has 2 atom stereocenters. The van der Waals surface area contributed by atoms with Crippen LogP contribution in [0, 0.1) is 17.2 Å². The molecule has 0 spiro atoms. The number of hydrogen-bond donors (Lipinski definition) is 2. The summed E-state index contributed by atoms with van der Waals surface area (Å²) in [7, 11) is 0. The highest BCUT2D eigenvalue weighted by atomic mass is 16.7. The molecule has 2 aromatic carbocycles. The van der Waals surface area contributed by atoms with Crippen molar-refractivity contribution in [1.29, 1.82) is 5.26 Å². The van der Waals surface area contributed by atoms with E-state index in [1.807, 2.05) is 36.4 Å². The first kappa shape index (κ1) is 19.4. The Balaban J connectivity index is 1.96. The van der Waals surface area contributed by atoms with Crippen molar-refractivity contribution in [3.63, 3.8) is 0 Å². The monoisotopic (exact) mass is 378 g/mol. The zero-order chi connectivity index (χ0) is 19.9. The third kappa shape index (κ3) is 4.49. The fourth-order valence-electron chi connectivity index (χ4n) is 3.99. The van der Waals surface area contributed by atoms with Crippen LogP contribution >= 0.6 is 0 Å². The molecule has 28 heavy (non-hydrogen) atoms. The van der Waals surface area contributed by atoms with E-state index in [9.17, 15) is 9.59 Å². The van der Waals surface area contributed by atoms with Crippen LogP contribution in [0.1, 0.15) is 37.2 Å². The Morgan fingerprint density at radius 1 is 1.14 bits per heavy atom. The maximum absolute atomic E-state index is 12.6. The molecule has 0 aromatic heterocycles. The summed E-state index contributed by atoms with van der Waals surface area (Å²) in [6.45, 7) is 0.0122. The van der Waals surface area contributed by atoms with Gasteiger partial charge < -0.3 is 15.2 Å². The molecule has 2 unspecified atom stereocenters. The third-order valence-electron chi connectivity index (χ3n) is 5.15. The molecule has 6 nitrogen and oxygen atoms in total. The molecule has 3 rings (SSSR count). The van der Waals surface area contributed by atoms with Crippen molar-refractivity contribution in [3.8, 4) is 22.9 Å². The quantitative estimate of drug-likeness (QED) is 0.458. The van der Waals surface area contributed by atoms with E-state index in [2.05, 4.69) is 5.32 Å².